The van der Waals surface area contributed by atoms with Gasteiger partial charge in [0.05, 0.1) is 0 Å². The molecule has 0 atom stereocenters. The molecule has 0 unspecified atom stereocenters. The highest BCUT2D eigenvalue weighted by Gasteiger charge is 1.77. The van der Waals surface area contributed by atoms with E-state index in [1.54, 1.807) is 0 Å². The van der Waals surface area contributed by atoms with Crippen molar-refractivity contribution in [1.82, 2.24) is 0 Å². The van der Waals surface area contributed by atoms with Crippen LogP contribution in [0.4, 0.5) is 0 Å². The summed E-state index contributed by atoms with van der Waals surface area (Å²) >= 11 is 0. The summed E-state index contributed by atoms with van der Waals surface area (Å²) in [6.07, 6.45) is 0. The minimum Gasteiger partial charge on any atom is -0.457 e. The fourth-order valence-corrected chi connectivity index (χ4v) is 0.0408. The molecule has 0 aliphatic rings. The van der Waals surface area contributed by atoms with Crippen LogP contribution in [-0.4, -0.2) is 25.4 Å². The Balaban J connectivity index is 0. The summed E-state index contributed by atoms with van der Waals surface area (Å²) in [7, 11) is -0.812. The third-order valence-corrected chi connectivity index (χ3v) is 0.183. The van der Waals surface area contributed by atoms with Crippen LogP contribution < -0.4 is 0 Å². The molecule has 0 rings (SSSR count). The molecule has 0 heterocycles. The zero-order valence-electron chi connectivity index (χ0n) is 4.13. The van der Waals surface area contributed by atoms with Gasteiger partial charge in [0.1, 0.15) is 0 Å². The second-order valence-electron chi connectivity index (χ2n) is 0.462. The standard InChI is InChI=1S/C2H4.B2H4O3/c1-2;3-1-5-2-4/h1-2H2;1-4H. The van der Waals surface area contributed by atoms with Crippen molar-refractivity contribution in [3.05, 3.63) is 13.2 Å². The van der Waals surface area contributed by atoms with E-state index in [2.05, 4.69) is 17.7 Å². The highest BCUT2D eigenvalue weighted by Crippen LogP contribution is 1.48. The summed E-state index contributed by atoms with van der Waals surface area (Å²) in [5, 5.41) is 15.4. The third-order valence-electron chi connectivity index (χ3n) is 0.183. The van der Waals surface area contributed by atoms with Gasteiger partial charge < -0.3 is 14.6 Å². The Kier molecular flexibility index (Phi) is 24.2. The molecule has 0 radical (unpaired) electrons. The van der Waals surface area contributed by atoms with Gasteiger partial charge in [-0.15, -0.1) is 13.2 Å². The lowest BCUT2D eigenvalue weighted by atomic mass is 10.3. The highest BCUT2D eigenvalue weighted by molar-refractivity contribution is 6.32. The SMILES string of the molecule is C=C.OBOBO. The summed E-state index contributed by atoms with van der Waals surface area (Å²) in [5.41, 5.74) is 0. The van der Waals surface area contributed by atoms with E-state index in [-0.39, 0.29) is 0 Å². The van der Waals surface area contributed by atoms with Crippen molar-refractivity contribution in [3.63, 3.8) is 0 Å². The quantitative estimate of drug-likeness (QED) is 0.323. The zero-order chi connectivity index (χ0) is 6.12. The Morgan fingerprint density at radius 1 is 1.14 bits per heavy atom. The molecule has 0 amide bonds. The fourth-order valence-electron chi connectivity index (χ4n) is 0.0408. The summed E-state index contributed by atoms with van der Waals surface area (Å²) in [5.74, 6) is 0. The summed E-state index contributed by atoms with van der Waals surface area (Å²) < 4.78 is 3.94. The average molecular weight is 102 g/mol. The van der Waals surface area contributed by atoms with Crippen molar-refractivity contribution in [3.8, 4) is 0 Å². The van der Waals surface area contributed by atoms with E-state index in [0.717, 1.165) is 0 Å². The van der Waals surface area contributed by atoms with Gasteiger partial charge in [-0.1, -0.05) is 0 Å². The van der Waals surface area contributed by atoms with E-state index in [1.165, 1.54) is 0 Å². The zero-order valence-corrected chi connectivity index (χ0v) is 4.13. The van der Waals surface area contributed by atoms with Gasteiger partial charge >= 0.3 is 15.4 Å². The predicted molar refractivity (Wildman–Crippen MR) is 31.1 cm³/mol. The van der Waals surface area contributed by atoms with E-state index >= 15 is 0 Å². The minimum atomic E-state index is -0.406. The maximum absolute atomic E-state index is 7.68. The molecular weight excluding hydrogens is 93.6 g/mol. The molecule has 0 spiro atoms. The molecule has 0 bridgehead atoms. The van der Waals surface area contributed by atoms with Gasteiger partial charge in [-0.05, 0) is 0 Å². The molecule has 5 heteroatoms. The highest BCUT2D eigenvalue weighted by atomic mass is 16.5. The molecule has 0 aromatic rings. The number of hydrogen-bond acceptors (Lipinski definition) is 3. The van der Waals surface area contributed by atoms with Gasteiger partial charge in [0.2, 0.25) is 0 Å². The normalized spacial score (nSPS) is 5.43. The van der Waals surface area contributed by atoms with Crippen LogP contribution >= 0.6 is 0 Å². The van der Waals surface area contributed by atoms with Crippen molar-refractivity contribution >= 4 is 15.4 Å². The van der Waals surface area contributed by atoms with Gasteiger partial charge in [-0.25, -0.2) is 0 Å². The van der Waals surface area contributed by atoms with Crippen molar-refractivity contribution in [1.29, 1.82) is 0 Å². The summed E-state index contributed by atoms with van der Waals surface area (Å²) in [4.78, 5) is 0. The Bertz CT molecular complexity index is 24.9. The summed E-state index contributed by atoms with van der Waals surface area (Å²) in [6, 6.07) is 0. The van der Waals surface area contributed by atoms with Gasteiger partial charge in [0, 0.05) is 0 Å². The predicted octanol–water partition coefficient (Wildman–Crippen LogP) is -1.68. The molecular formula is C2H8B2O3. The van der Waals surface area contributed by atoms with E-state index in [0.29, 0.717) is 0 Å². The number of rotatable bonds is 2. The van der Waals surface area contributed by atoms with Gasteiger partial charge in [0.25, 0.3) is 0 Å². The van der Waals surface area contributed by atoms with Crippen LogP contribution in [0.3, 0.4) is 0 Å². The van der Waals surface area contributed by atoms with Gasteiger partial charge in [-0.3, -0.25) is 0 Å². The molecule has 7 heavy (non-hydrogen) atoms. The Labute approximate surface area is 44.2 Å². The molecule has 0 aliphatic carbocycles. The van der Waals surface area contributed by atoms with Crippen LogP contribution in [0.15, 0.2) is 13.2 Å². The lowest BCUT2D eigenvalue weighted by molar-refractivity contribution is 0.408. The lowest BCUT2D eigenvalue weighted by Gasteiger charge is -1.80. The van der Waals surface area contributed by atoms with Crippen LogP contribution in [-0.2, 0) is 4.57 Å². The smallest absolute Gasteiger partial charge is 0.421 e. The van der Waals surface area contributed by atoms with E-state index < -0.39 is 15.4 Å². The third kappa shape index (κ3) is 26.4. The first-order valence-corrected chi connectivity index (χ1v) is 1.71. The molecule has 0 aromatic heterocycles. The van der Waals surface area contributed by atoms with Crippen LogP contribution in [0, 0.1) is 0 Å². The molecule has 40 valence electrons. The van der Waals surface area contributed by atoms with Crippen LogP contribution in [0.5, 0.6) is 0 Å². The van der Waals surface area contributed by atoms with E-state index in [4.69, 9.17) is 10.0 Å². The van der Waals surface area contributed by atoms with Crippen molar-refractivity contribution in [2.75, 3.05) is 0 Å². The first-order chi connectivity index (χ1) is 3.41. The average Bonchev–Trinajstić information content (AvgIpc) is 1.75. The molecule has 3 nitrogen and oxygen atoms in total. The Hall–Kier alpha value is -0.250. The van der Waals surface area contributed by atoms with Crippen molar-refractivity contribution < 1.29 is 14.6 Å². The topological polar surface area (TPSA) is 49.7 Å². The van der Waals surface area contributed by atoms with Gasteiger partial charge in [0.15, 0.2) is 0 Å². The number of hydrogen-bond donors (Lipinski definition) is 2. The van der Waals surface area contributed by atoms with Crippen molar-refractivity contribution in [2.24, 2.45) is 0 Å². The molecule has 0 aromatic carbocycles. The first-order valence-electron chi connectivity index (χ1n) is 1.71. The molecule has 0 saturated heterocycles. The first kappa shape index (κ1) is 9.89. The molecule has 0 saturated carbocycles. The van der Waals surface area contributed by atoms with E-state index in [1.807, 2.05) is 0 Å². The van der Waals surface area contributed by atoms with Crippen LogP contribution in [0.2, 0.25) is 0 Å². The largest absolute Gasteiger partial charge is 0.457 e. The monoisotopic (exact) mass is 102 g/mol. The van der Waals surface area contributed by atoms with Crippen LogP contribution in [0.25, 0.3) is 0 Å². The van der Waals surface area contributed by atoms with Crippen LogP contribution in [0.1, 0.15) is 0 Å². The fraction of sp³-hybridized carbons (Fsp3) is 0. The Morgan fingerprint density at radius 3 is 1.43 bits per heavy atom. The second-order valence-corrected chi connectivity index (χ2v) is 0.462. The summed E-state index contributed by atoms with van der Waals surface area (Å²) in [6.45, 7) is 6.00. The van der Waals surface area contributed by atoms with Gasteiger partial charge in [-0.2, -0.15) is 0 Å². The maximum Gasteiger partial charge on any atom is 0.421 e. The molecule has 0 fully saturated rings. The van der Waals surface area contributed by atoms with E-state index in [9.17, 15) is 0 Å². The lowest BCUT2D eigenvalue weighted by Crippen LogP contribution is -2.00. The Morgan fingerprint density at radius 2 is 1.43 bits per heavy atom. The second kappa shape index (κ2) is 17.2. The van der Waals surface area contributed by atoms with Crippen molar-refractivity contribution in [2.45, 2.75) is 0 Å². The maximum atomic E-state index is 7.68. The molecule has 2 N–H and O–H groups in total. The molecule has 0 aliphatic heterocycles. The minimum absolute atomic E-state index is 0.406.